The van der Waals surface area contributed by atoms with Crippen LogP contribution in [-0.4, -0.2) is 22.2 Å². The van der Waals surface area contributed by atoms with E-state index in [2.05, 4.69) is 16.4 Å². The number of nitrogens with one attached hydrogen (secondary N) is 1. The minimum atomic E-state index is -0.246. The fourth-order valence-corrected chi connectivity index (χ4v) is 2.19. The van der Waals surface area contributed by atoms with Gasteiger partial charge in [0.2, 0.25) is 0 Å². The van der Waals surface area contributed by atoms with Gasteiger partial charge in [-0.15, -0.1) is 11.3 Å². The van der Waals surface area contributed by atoms with Gasteiger partial charge in [0.15, 0.2) is 0 Å². The van der Waals surface area contributed by atoms with E-state index in [1.54, 1.807) is 11.3 Å². The third-order valence-corrected chi connectivity index (χ3v) is 3.38. The van der Waals surface area contributed by atoms with Gasteiger partial charge < -0.3 is 10.4 Å². The highest BCUT2D eigenvalue weighted by atomic mass is 32.1. The molecular weight excluding hydrogens is 220 g/mol. The molecule has 86 valence electrons. The topological polar surface area (TPSA) is 45.1 Å². The Morgan fingerprint density at radius 2 is 2.31 bits per heavy atom. The number of hydrogen-bond acceptors (Lipinski definition) is 4. The highest BCUT2D eigenvalue weighted by Gasteiger charge is 2.14. The van der Waals surface area contributed by atoms with E-state index in [4.69, 9.17) is 5.11 Å². The number of rotatable bonds is 4. The lowest BCUT2D eigenvalue weighted by Gasteiger charge is -2.23. The summed E-state index contributed by atoms with van der Waals surface area (Å²) in [5.74, 6) is 0. The first kappa shape index (κ1) is 11.5. The van der Waals surface area contributed by atoms with E-state index in [0.29, 0.717) is 0 Å². The highest BCUT2D eigenvalue weighted by molar-refractivity contribution is 7.17. The molecule has 2 aromatic rings. The van der Waals surface area contributed by atoms with Crippen molar-refractivity contribution in [2.24, 2.45) is 0 Å². The predicted octanol–water partition coefficient (Wildman–Crippen LogP) is 2.16. The zero-order chi connectivity index (χ0) is 11.6. The second-order valence-electron chi connectivity index (χ2n) is 4.54. The van der Waals surface area contributed by atoms with Crippen LogP contribution in [0.2, 0.25) is 0 Å². The molecule has 16 heavy (non-hydrogen) atoms. The number of aromatic nitrogens is 1. The van der Waals surface area contributed by atoms with Crippen LogP contribution in [0.25, 0.3) is 10.2 Å². The van der Waals surface area contributed by atoms with E-state index in [9.17, 15) is 0 Å². The molecule has 2 rings (SSSR count). The van der Waals surface area contributed by atoms with Crippen molar-refractivity contribution >= 4 is 21.6 Å². The van der Waals surface area contributed by atoms with Gasteiger partial charge in [0.1, 0.15) is 0 Å². The maximum absolute atomic E-state index is 9.13. The van der Waals surface area contributed by atoms with Crippen LogP contribution in [0, 0.1) is 0 Å². The Morgan fingerprint density at radius 3 is 3.06 bits per heavy atom. The third kappa shape index (κ3) is 2.58. The van der Waals surface area contributed by atoms with Gasteiger partial charge in [-0.05, 0) is 36.9 Å². The van der Waals surface area contributed by atoms with E-state index < -0.39 is 0 Å². The average molecular weight is 236 g/mol. The molecule has 0 spiro atoms. The molecule has 0 atom stereocenters. The van der Waals surface area contributed by atoms with Gasteiger partial charge in [-0.25, -0.2) is 0 Å². The van der Waals surface area contributed by atoms with Gasteiger partial charge >= 0.3 is 0 Å². The summed E-state index contributed by atoms with van der Waals surface area (Å²) in [5, 5.41) is 14.5. The molecule has 0 fully saturated rings. The SMILES string of the molecule is CC(C)(CO)NCc1cnc2ccsc2c1. The summed E-state index contributed by atoms with van der Waals surface area (Å²) in [6.07, 6.45) is 1.88. The lowest BCUT2D eigenvalue weighted by atomic mass is 10.1. The van der Waals surface area contributed by atoms with E-state index in [1.165, 1.54) is 4.70 Å². The van der Waals surface area contributed by atoms with Crippen molar-refractivity contribution in [3.63, 3.8) is 0 Å². The Kier molecular flexibility index (Phi) is 3.23. The van der Waals surface area contributed by atoms with Crippen LogP contribution < -0.4 is 5.32 Å². The number of fused-ring (bicyclic) bond motifs is 1. The van der Waals surface area contributed by atoms with Gasteiger partial charge in [-0.1, -0.05) is 0 Å². The van der Waals surface area contributed by atoms with Crippen molar-refractivity contribution in [3.8, 4) is 0 Å². The lowest BCUT2D eigenvalue weighted by molar-refractivity contribution is 0.187. The Morgan fingerprint density at radius 1 is 1.50 bits per heavy atom. The molecule has 4 heteroatoms. The van der Waals surface area contributed by atoms with Crippen molar-refractivity contribution in [1.29, 1.82) is 0 Å². The summed E-state index contributed by atoms with van der Waals surface area (Å²) in [4.78, 5) is 4.38. The number of nitrogens with zero attached hydrogens (tertiary/aromatic N) is 1. The van der Waals surface area contributed by atoms with Gasteiger partial charge in [-0.2, -0.15) is 0 Å². The minimum absolute atomic E-state index is 0.127. The van der Waals surface area contributed by atoms with E-state index in [1.807, 2.05) is 31.5 Å². The van der Waals surface area contributed by atoms with Crippen LogP contribution in [0.15, 0.2) is 23.7 Å². The number of hydrogen-bond donors (Lipinski definition) is 2. The summed E-state index contributed by atoms with van der Waals surface area (Å²) < 4.78 is 1.21. The Bertz CT molecular complexity index is 479. The lowest BCUT2D eigenvalue weighted by Crippen LogP contribution is -2.42. The summed E-state index contributed by atoms with van der Waals surface area (Å²) in [7, 11) is 0. The molecule has 2 N–H and O–H groups in total. The molecule has 0 aliphatic rings. The summed E-state index contributed by atoms with van der Waals surface area (Å²) in [6, 6.07) is 4.17. The molecule has 2 aromatic heterocycles. The first-order valence-electron chi connectivity index (χ1n) is 5.29. The zero-order valence-electron chi connectivity index (χ0n) is 9.53. The van der Waals surface area contributed by atoms with E-state index in [0.717, 1.165) is 17.6 Å². The van der Waals surface area contributed by atoms with Crippen molar-refractivity contribution in [1.82, 2.24) is 10.3 Å². The fourth-order valence-electron chi connectivity index (χ4n) is 1.38. The molecule has 0 amide bonds. The van der Waals surface area contributed by atoms with Crippen molar-refractivity contribution < 1.29 is 5.11 Å². The van der Waals surface area contributed by atoms with Gasteiger partial charge in [-0.3, -0.25) is 4.98 Å². The Labute approximate surface area is 99.1 Å². The first-order valence-corrected chi connectivity index (χ1v) is 6.17. The Balaban J connectivity index is 2.09. The van der Waals surface area contributed by atoms with Crippen molar-refractivity contribution in [2.45, 2.75) is 25.9 Å². The van der Waals surface area contributed by atoms with Crippen LogP contribution in [-0.2, 0) is 6.54 Å². The second kappa shape index (κ2) is 4.49. The monoisotopic (exact) mass is 236 g/mol. The maximum Gasteiger partial charge on any atom is 0.0809 e. The normalized spacial score (nSPS) is 12.2. The molecular formula is C12H16N2OS. The molecule has 0 aliphatic carbocycles. The smallest absolute Gasteiger partial charge is 0.0809 e. The van der Waals surface area contributed by atoms with Crippen molar-refractivity contribution in [3.05, 3.63) is 29.3 Å². The predicted molar refractivity (Wildman–Crippen MR) is 67.6 cm³/mol. The summed E-state index contributed by atoms with van der Waals surface area (Å²) >= 11 is 1.70. The number of aliphatic hydroxyl groups is 1. The quantitative estimate of drug-likeness (QED) is 0.855. The highest BCUT2D eigenvalue weighted by Crippen LogP contribution is 2.19. The maximum atomic E-state index is 9.13. The van der Waals surface area contributed by atoms with E-state index >= 15 is 0 Å². The van der Waals surface area contributed by atoms with Crippen molar-refractivity contribution in [2.75, 3.05) is 6.61 Å². The molecule has 0 saturated heterocycles. The van der Waals surface area contributed by atoms with Crippen LogP contribution in [0.1, 0.15) is 19.4 Å². The standard InChI is InChI=1S/C12H16N2OS/c1-12(2,8-15)14-7-9-5-11-10(13-6-9)3-4-16-11/h3-6,14-15H,7-8H2,1-2H3. The van der Waals surface area contributed by atoms with Crippen LogP contribution >= 0.6 is 11.3 Å². The van der Waals surface area contributed by atoms with E-state index in [-0.39, 0.29) is 12.1 Å². The molecule has 0 radical (unpaired) electrons. The number of aliphatic hydroxyl groups excluding tert-OH is 1. The summed E-state index contributed by atoms with van der Waals surface area (Å²) in [5.41, 5.74) is 1.95. The molecule has 0 aromatic carbocycles. The number of pyridine rings is 1. The largest absolute Gasteiger partial charge is 0.394 e. The summed E-state index contributed by atoms with van der Waals surface area (Å²) in [6.45, 7) is 4.81. The van der Waals surface area contributed by atoms with Gasteiger partial charge in [0, 0.05) is 18.3 Å². The third-order valence-electron chi connectivity index (χ3n) is 2.53. The first-order chi connectivity index (χ1) is 7.61. The zero-order valence-corrected chi connectivity index (χ0v) is 10.3. The molecule has 3 nitrogen and oxygen atoms in total. The second-order valence-corrected chi connectivity index (χ2v) is 5.49. The molecule has 0 aliphatic heterocycles. The molecule has 0 saturated carbocycles. The van der Waals surface area contributed by atoms with Crippen LogP contribution in [0.5, 0.6) is 0 Å². The minimum Gasteiger partial charge on any atom is -0.394 e. The molecule has 0 bridgehead atoms. The van der Waals surface area contributed by atoms with Crippen LogP contribution in [0.4, 0.5) is 0 Å². The van der Waals surface area contributed by atoms with Gasteiger partial charge in [0.05, 0.1) is 16.8 Å². The van der Waals surface area contributed by atoms with Gasteiger partial charge in [0.25, 0.3) is 0 Å². The average Bonchev–Trinajstić information content (AvgIpc) is 2.73. The molecule has 2 heterocycles. The number of thiophene rings is 1. The fraction of sp³-hybridized carbons (Fsp3) is 0.417. The van der Waals surface area contributed by atoms with Crippen LogP contribution in [0.3, 0.4) is 0 Å². The molecule has 0 unspecified atom stereocenters. The Hall–Kier alpha value is -0.970.